The molecule has 0 fully saturated rings. The molecule has 0 saturated carbocycles. The normalized spacial score (nSPS) is 17.2. The van der Waals surface area contributed by atoms with Crippen molar-refractivity contribution in [1.82, 2.24) is 19.0 Å². The summed E-state index contributed by atoms with van der Waals surface area (Å²) in [7, 11) is -3.94. The van der Waals surface area contributed by atoms with Gasteiger partial charge in [-0.1, -0.05) is 13.0 Å². The van der Waals surface area contributed by atoms with Crippen molar-refractivity contribution in [2.45, 2.75) is 31.1 Å². The molecule has 1 aliphatic carbocycles. The smallest absolute Gasteiger partial charge is 0.273 e. The average Bonchev–Trinajstić information content (AvgIpc) is 3.25. The maximum absolute atomic E-state index is 12.5. The third-order valence-electron chi connectivity index (χ3n) is 4.39. The van der Waals surface area contributed by atoms with Crippen LogP contribution in [0.1, 0.15) is 33.5 Å². The van der Waals surface area contributed by atoms with E-state index in [2.05, 4.69) is 25.9 Å². The fraction of sp³-hybridized carbons (Fsp3) is 0.312. The average molecular weight is 409 g/mol. The van der Waals surface area contributed by atoms with E-state index in [0.29, 0.717) is 21.8 Å². The van der Waals surface area contributed by atoms with Gasteiger partial charge in [0.15, 0.2) is 0 Å². The molecular weight excluding hydrogens is 392 g/mol. The highest BCUT2D eigenvalue weighted by Crippen LogP contribution is 2.32. The van der Waals surface area contributed by atoms with Crippen LogP contribution in [0.3, 0.4) is 0 Å². The van der Waals surface area contributed by atoms with Gasteiger partial charge in [0.25, 0.3) is 15.9 Å². The minimum atomic E-state index is -3.94. The van der Waals surface area contributed by atoms with E-state index in [1.54, 1.807) is 12.1 Å². The van der Waals surface area contributed by atoms with Crippen molar-refractivity contribution in [2.24, 2.45) is 5.92 Å². The first-order valence-electron chi connectivity index (χ1n) is 8.09. The van der Waals surface area contributed by atoms with Gasteiger partial charge in [-0.15, -0.1) is 16.2 Å². The number of hydrogen-bond donors (Lipinski definition) is 2. The molecule has 2 aromatic heterocycles. The Morgan fingerprint density at radius 3 is 3.00 bits per heavy atom. The highest BCUT2D eigenvalue weighted by molar-refractivity contribution is 7.89. The van der Waals surface area contributed by atoms with Gasteiger partial charge in [-0.05, 0) is 48.9 Å². The van der Waals surface area contributed by atoms with E-state index >= 15 is 0 Å². The summed E-state index contributed by atoms with van der Waals surface area (Å²) >= 11 is 2.37. The number of hydrazine groups is 1. The Morgan fingerprint density at radius 1 is 1.31 bits per heavy atom. The zero-order chi connectivity index (χ0) is 18.3. The second-order valence-corrected chi connectivity index (χ2v) is 9.67. The summed E-state index contributed by atoms with van der Waals surface area (Å²) in [5, 5.41) is 0. The number of rotatable bonds is 4. The molecule has 26 heavy (non-hydrogen) atoms. The second-order valence-electron chi connectivity index (χ2n) is 6.35. The van der Waals surface area contributed by atoms with E-state index in [4.69, 9.17) is 0 Å². The largest absolute Gasteiger partial charge is 0.276 e. The Kier molecular flexibility index (Phi) is 4.51. The van der Waals surface area contributed by atoms with E-state index in [-0.39, 0.29) is 4.90 Å². The number of nitrogens with one attached hydrogen (secondary N) is 2. The van der Waals surface area contributed by atoms with Gasteiger partial charge in [0.2, 0.25) is 0 Å². The Labute approximate surface area is 158 Å². The summed E-state index contributed by atoms with van der Waals surface area (Å²) in [5.41, 5.74) is 4.29. The van der Waals surface area contributed by atoms with Crippen molar-refractivity contribution in [3.63, 3.8) is 0 Å². The lowest BCUT2D eigenvalue weighted by atomic mass is 9.90. The molecule has 1 aromatic carbocycles. The molecule has 0 radical (unpaired) electrons. The van der Waals surface area contributed by atoms with Crippen LogP contribution in [-0.4, -0.2) is 23.1 Å². The number of thiophene rings is 1. The van der Waals surface area contributed by atoms with E-state index in [9.17, 15) is 13.2 Å². The molecule has 1 atom stereocenters. The number of hydrogen-bond acceptors (Lipinski definition) is 7. The summed E-state index contributed by atoms with van der Waals surface area (Å²) in [6.45, 7) is 2.20. The molecule has 0 spiro atoms. The third-order valence-corrected chi connectivity index (χ3v) is 7.45. The Hall–Kier alpha value is -1.88. The summed E-state index contributed by atoms with van der Waals surface area (Å²) in [6.07, 6.45) is 3.05. The molecule has 10 heteroatoms. The molecule has 7 nitrogen and oxygen atoms in total. The molecule has 0 saturated heterocycles. The van der Waals surface area contributed by atoms with Crippen LogP contribution in [0, 0.1) is 5.92 Å². The first-order valence-corrected chi connectivity index (χ1v) is 11.1. The third kappa shape index (κ3) is 3.25. The quantitative estimate of drug-likeness (QED) is 0.646. The summed E-state index contributed by atoms with van der Waals surface area (Å²) in [4.78, 5) is 16.3. The number of carbonyl (C=O) groups is 1. The standard InChI is InChI=1S/C16H16N4O3S3/c1-9-5-6-12-10(7-9)8-13(24-12)16(21)17-20-26(22,23)14-4-2-3-11-15(14)19-25-18-11/h2-4,8-9,20H,5-7H2,1H3,(H,17,21). The van der Waals surface area contributed by atoms with Crippen LogP contribution in [0.2, 0.25) is 0 Å². The molecule has 1 aliphatic rings. The van der Waals surface area contributed by atoms with Gasteiger partial charge in [-0.3, -0.25) is 10.2 Å². The fourth-order valence-electron chi connectivity index (χ4n) is 3.05. The molecule has 1 unspecified atom stereocenters. The predicted octanol–water partition coefficient (Wildman–Crippen LogP) is 2.50. The van der Waals surface area contributed by atoms with E-state index in [0.717, 1.165) is 31.0 Å². The summed E-state index contributed by atoms with van der Waals surface area (Å²) < 4.78 is 33.1. The number of sulfonamides is 1. The molecule has 0 aliphatic heterocycles. The van der Waals surface area contributed by atoms with Crippen LogP contribution in [-0.2, 0) is 22.9 Å². The lowest BCUT2D eigenvalue weighted by Gasteiger charge is -2.16. The monoisotopic (exact) mass is 408 g/mol. The lowest BCUT2D eigenvalue weighted by Crippen LogP contribution is -2.41. The molecule has 4 rings (SSSR count). The van der Waals surface area contributed by atoms with E-state index in [1.807, 2.05) is 6.07 Å². The van der Waals surface area contributed by atoms with Crippen molar-refractivity contribution < 1.29 is 13.2 Å². The highest BCUT2D eigenvalue weighted by Gasteiger charge is 2.23. The van der Waals surface area contributed by atoms with Crippen LogP contribution >= 0.6 is 23.1 Å². The predicted molar refractivity (Wildman–Crippen MR) is 101 cm³/mol. The van der Waals surface area contributed by atoms with Gasteiger partial charge in [-0.25, -0.2) is 8.42 Å². The molecule has 2 N–H and O–H groups in total. The zero-order valence-corrected chi connectivity index (χ0v) is 16.3. The van der Waals surface area contributed by atoms with Gasteiger partial charge < -0.3 is 0 Å². The van der Waals surface area contributed by atoms with Crippen molar-refractivity contribution in [1.29, 1.82) is 0 Å². The number of amides is 1. The molecule has 1 amide bonds. The second kappa shape index (κ2) is 6.69. The van der Waals surface area contributed by atoms with Gasteiger partial charge in [0.05, 0.1) is 16.6 Å². The highest BCUT2D eigenvalue weighted by atomic mass is 32.2. The van der Waals surface area contributed by atoms with Crippen molar-refractivity contribution in [3.8, 4) is 0 Å². The minimum absolute atomic E-state index is 0.0108. The maximum atomic E-state index is 12.5. The van der Waals surface area contributed by atoms with Gasteiger partial charge in [0.1, 0.15) is 15.9 Å². The Bertz CT molecular complexity index is 1090. The number of fused-ring (bicyclic) bond motifs is 2. The molecule has 136 valence electrons. The Morgan fingerprint density at radius 2 is 2.15 bits per heavy atom. The Balaban J connectivity index is 1.51. The van der Waals surface area contributed by atoms with Crippen LogP contribution in [0.5, 0.6) is 0 Å². The molecular formula is C16H16N4O3S3. The van der Waals surface area contributed by atoms with Crippen molar-refractivity contribution in [3.05, 3.63) is 39.6 Å². The maximum Gasteiger partial charge on any atom is 0.276 e. The molecule has 3 aromatic rings. The number of aryl methyl sites for hydroxylation is 1. The van der Waals surface area contributed by atoms with Gasteiger partial charge in [-0.2, -0.15) is 8.75 Å². The fourth-order valence-corrected chi connectivity index (χ4v) is 5.76. The molecule has 2 heterocycles. The number of carbonyl (C=O) groups excluding carboxylic acids is 1. The number of benzene rings is 1. The minimum Gasteiger partial charge on any atom is -0.273 e. The zero-order valence-electron chi connectivity index (χ0n) is 13.9. The molecule has 0 bridgehead atoms. The van der Waals surface area contributed by atoms with Crippen LogP contribution in [0.4, 0.5) is 0 Å². The van der Waals surface area contributed by atoms with Gasteiger partial charge >= 0.3 is 0 Å². The van der Waals surface area contributed by atoms with E-state index < -0.39 is 15.9 Å². The first-order chi connectivity index (χ1) is 12.4. The van der Waals surface area contributed by atoms with Gasteiger partial charge in [0, 0.05) is 4.88 Å². The number of nitrogens with zero attached hydrogens (tertiary/aromatic N) is 2. The van der Waals surface area contributed by atoms with Crippen LogP contribution in [0.15, 0.2) is 29.2 Å². The van der Waals surface area contributed by atoms with E-state index in [1.165, 1.54) is 27.8 Å². The summed E-state index contributed by atoms with van der Waals surface area (Å²) in [5.74, 6) is 0.155. The van der Waals surface area contributed by atoms with Crippen molar-refractivity contribution >= 4 is 50.0 Å². The number of aromatic nitrogens is 2. The topological polar surface area (TPSA) is 101 Å². The van der Waals surface area contributed by atoms with Crippen molar-refractivity contribution in [2.75, 3.05) is 0 Å². The summed E-state index contributed by atoms with van der Waals surface area (Å²) in [6, 6.07) is 6.58. The van der Waals surface area contributed by atoms with Crippen LogP contribution < -0.4 is 10.3 Å². The lowest BCUT2D eigenvalue weighted by molar-refractivity contribution is 0.0949. The first kappa shape index (κ1) is 17.5. The van der Waals surface area contributed by atoms with Crippen LogP contribution in [0.25, 0.3) is 11.0 Å². The SMILES string of the molecule is CC1CCc2sc(C(=O)NNS(=O)(=O)c3cccc4nsnc34)cc2C1.